The van der Waals surface area contributed by atoms with Crippen LogP contribution >= 0.6 is 11.8 Å². The molecule has 0 saturated heterocycles. The maximum absolute atomic E-state index is 13.7. The lowest BCUT2D eigenvalue weighted by Gasteiger charge is -2.31. The van der Waals surface area contributed by atoms with Gasteiger partial charge in [0, 0.05) is 6.61 Å². The van der Waals surface area contributed by atoms with Gasteiger partial charge in [0.25, 0.3) is 0 Å². The summed E-state index contributed by atoms with van der Waals surface area (Å²) in [5.74, 6) is -0.347. The fourth-order valence-corrected chi connectivity index (χ4v) is 1.51. The Morgan fingerprint density at radius 3 is 2.12 bits per heavy atom. The van der Waals surface area contributed by atoms with Crippen molar-refractivity contribution in [3.05, 3.63) is 0 Å². The molecule has 0 heterocycles. The summed E-state index contributed by atoms with van der Waals surface area (Å²) < 4.78 is 55.9. The molecule has 0 fully saturated rings. The van der Waals surface area contributed by atoms with Gasteiger partial charge in [0.1, 0.15) is 0 Å². The van der Waals surface area contributed by atoms with Crippen LogP contribution in [-0.2, 0) is 4.74 Å². The smallest absolute Gasteiger partial charge is 0.378 e. The Morgan fingerprint density at radius 2 is 1.75 bits per heavy atom. The summed E-state index contributed by atoms with van der Waals surface area (Å²) in [7, 11) is 0. The largest absolute Gasteiger partial charge is 0.425 e. The van der Waals surface area contributed by atoms with Crippen LogP contribution in [0.1, 0.15) is 20.3 Å². The van der Waals surface area contributed by atoms with Crippen molar-refractivity contribution in [1.29, 1.82) is 0 Å². The van der Waals surface area contributed by atoms with Crippen molar-refractivity contribution in [1.82, 2.24) is 0 Å². The zero-order chi connectivity index (χ0) is 12.8. The molecular weight excluding hydrogens is 244 g/mol. The highest BCUT2D eigenvalue weighted by Crippen LogP contribution is 2.39. The minimum absolute atomic E-state index is 0.162. The molecule has 1 unspecified atom stereocenters. The first kappa shape index (κ1) is 16.0. The van der Waals surface area contributed by atoms with Crippen molar-refractivity contribution in [2.24, 2.45) is 5.92 Å². The van der Waals surface area contributed by atoms with E-state index in [4.69, 9.17) is 4.74 Å². The van der Waals surface area contributed by atoms with Crippen LogP contribution in [0.4, 0.5) is 17.6 Å². The third kappa shape index (κ3) is 4.49. The SMILES string of the molecule is CSCCCOCC(F)(C(C)C)C(F)(F)F. The molecule has 0 aromatic rings. The summed E-state index contributed by atoms with van der Waals surface area (Å²) in [4.78, 5) is 0. The zero-order valence-corrected chi connectivity index (χ0v) is 10.6. The molecule has 0 aromatic carbocycles. The van der Waals surface area contributed by atoms with Gasteiger partial charge in [-0.1, -0.05) is 13.8 Å². The molecule has 0 amide bonds. The Kier molecular flexibility index (Phi) is 6.70. The molecule has 0 N–H and O–H groups in total. The van der Waals surface area contributed by atoms with Crippen molar-refractivity contribution >= 4 is 11.8 Å². The second kappa shape index (κ2) is 6.69. The number of rotatable bonds is 7. The third-order valence-corrected chi connectivity index (χ3v) is 3.03. The van der Waals surface area contributed by atoms with Gasteiger partial charge in [-0.2, -0.15) is 24.9 Å². The minimum atomic E-state index is -4.87. The maximum Gasteiger partial charge on any atom is 0.425 e. The summed E-state index contributed by atoms with van der Waals surface area (Å²) in [5, 5.41) is 0. The Labute approximate surface area is 97.9 Å². The summed E-state index contributed by atoms with van der Waals surface area (Å²) >= 11 is 1.58. The first-order chi connectivity index (χ1) is 7.25. The zero-order valence-electron chi connectivity index (χ0n) is 9.73. The van der Waals surface area contributed by atoms with Gasteiger partial charge in [0.2, 0.25) is 5.67 Å². The van der Waals surface area contributed by atoms with Crippen LogP contribution in [0.15, 0.2) is 0 Å². The average Bonchev–Trinajstić information content (AvgIpc) is 2.15. The van der Waals surface area contributed by atoms with Crippen LogP contribution in [0.2, 0.25) is 0 Å². The molecule has 0 bridgehead atoms. The van der Waals surface area contributed by atoms with E-state index in [9.17, 15) is 17.6 Å². The average molecular weight is 262 g/mol. The van der Waals surface area contributed by atoms with E-state index in [1.165, 1.54) is 13.8 Å². The van der Waals surface area contributed by atoms with Crippen LogP contribution in [-0.4, -0.2) is 37.1 Å². The highest BCUT2D eigenvalue weighted by atomic mass is 32.2. The highest BCUT2D eigenvalue weighted by molar-refractivity contribution is 7.98. The second-order valence-corrected chi connectivity index (χ2v) is 4.90. The van der Waals surface area contributed by atoms with Crippen LogP contribution in [0, 0.1) is 5.92 Å². The molecule has 0 aliphatic carbocycles. The van der Waals surface area contributed by atoms with Gasteiger partial charge in [-0.05, 0) is 24.3 Å². The van der Waals surface area contributed by atoms with Crippen LogP contribution in [0.5, 0.6) is 0 Å². The fraction of sp³-hybridized carbons (Fsp3) is 1.00. The van der Waals surface area contributed by atoms with E-state index in [2.05, 4.69) is 0 Å². The predicted molar refractivity (Wildman–Crippen MR) is 58.6 cm³/mol. The summed E-state index contributed by atoms with van der Waals surface area (Å²) in [5.41, 5.74) is -3.24. The van der Waals surface area contributed by atoms with E-state index >= 15 is 0 Å². The lowest BCUT2D eigenvalue weighted by Crippen LogP contribution is -2.49. The number of thioether (sulfide) groups is 1. The van der Waals surface area contributed by atoms with Crippen molar-refractivity contribution in [2.75, 3.05) is 25.2 Å². The maximum atomic E-state index is 13.7. The Hall–Kier alpha value is 0.0300. The fourth-order valence-electron chi connectivity index (χ4n) is 1.10. The molecule has 0 aliphatic heterocycles. The molecule has 0 saturated carbocycles. The quantitative estimate of drug-likeness (QED) is 0.511. The normalized spacial score (nSPS) is 16.5. The number of hydrogen-bond acceptors (Lipinski definition) is 2. The van der Waals surface area contributed by atoms with E-state index in [1.54, 1.807) is 11.8 Å². The second-order valence-electron chi connectivity index (χ2n) is 3.91. The molecule has 16 heavy (non-hydrogen) atoms. The lowest BCUT2D eigenvalue weighted by molar-refractivity contribution is -0.260. The number of hydrogen-bond donors (Lipinski definition) is 0. The van der Waals surface area contributed by atoms with Gasteiger partial charge in [0.15, 0.2) is 0 Å². The molecule has 6 heteroatoms. The van der Waals surface area contributed by atoms with Crippen LogP contribution in [0.3, 0.4) is 0 Å². The molecule has 1 atom stereocenters. The van der Waals surface area contributed by atoms with Gasteiger partial charge in [0.05, 0.1) is 6.61 Å². The Bertz CT molecular complexity index is 196. The molecular formula is C10H18F4OS. The van der Waals surface area contributed by atoms with Gasteiger partial charge in [-0.3, -0.25) is 0 Å². The number of ether oxygens (including phenoxy) is 1. The number of alkyl halides is 4. The van der Waals surface area contributed by atoms with Crippen LogP contribution in [0.25, 0.3) is 0 Å². The minimum Gasteiger partial charge on any atom is -0.378 e. The van der Waals surface area contributed by atoms with Crippen molar-refractivity contribution in [3.63, 3.8) is 0 Å². The van der Waals surface area contributed by atoms with Gasteiger partial charge in [-0.15, -0.1) is 0 Å². The van der Waals surface area contributed by atoms with E-state index in [0.29, 0.717) is 6.42 Å². The number of halogens is 4. The van der Waals surface area contributed by atoms with E-state index in [1.807, 2.05) is 6.26 Å². The van der Waals surface area contributed by atoms with Gasteiger partial charge < -0.3 is 4.74 Å². The first-order valence-electron chi connectivity index (χ1n) is 5.08. The standard InChI is InChI=1S/C10H18F4OS/c1-8(2)9(11,10(12,13)14)7-15-5-4-6-16-3/h8H,4-7H2,1-3H3. The van der Waals surface area contributed by atoms with Gasteiger partial charge in [-0.25, -0.2) is 4.39 Å². The summed E-state index contributed by atoms with van der Waals surface area (Å²) in [6.45, 7) is 1.66. The monoisotopic (exact) mass is 262 g/mol. The molecule has 0 spiro atoms. The molecule has 0 radical (unpaired) electrons. The van der Waals surface area contributed by atoms with Crippen molar-refractivity contribution in [2.45, 2.75) is 32.1 Å². The lowest BCUT2D eigenvalue weighted by atomic mass is 9.92. The third-order valence-electron chi connectivity index (χ3n) is 2.34. The van der Waals surface area contributed by atoms with Crippen molar-refractivity contribution in [3.8, 4) is 0 Å². The molecule has 0 aromatic heterocycles. The molecule has 0 rings (SSSR count). The first-order valence-corrected chi connectivity index (χ1v) is 6.47. The van der Waals surface area contributed by atoms with E-state index in [-0.39, 0.29) is 6.61 Å². The van der Waals surface area contributed by atoms with Crippen molar-refractivity contribution < 1.29 is 22.3 Å². The molecule has 1 nitrogen and oxygen atoms in total. The highest BCUT2D eigenvalue weighted by Gasteiger charge is 2.58. The Balaban J connectivity index is 4.16. The van der Waals surface area contributed by atoms with E-state index < -0.39 is 24.4 Å². The molecule has 0 aliphatic rings. The predicted octanol–water partition coefficient (Wildman–Crippen LogP) is 3.68. The summed E-state index contributed by atoms with van der Waals surface area (Å²) in [6.07, 6.45) is -2.35. The summed E-state index contributed by atoms with van der Waals surface area (Å²) in [6, 6.07) is 0. The van der Waals surface area contributed by atoms with E-state index in [0.717, 1.165) is 5.75 Å². The Morgan fingerprint density at radius 1 is 1.19 bits per heavy atom. The van der Waals surface area contributed by atoms with Gasteiger partial charge >= 0.3 is 6.18 Å². The topological polar surface area (TPSA) is 9.23 Å². The van der Waals surface area contributed by atoms with Crippen LogP contribution < -0.4 is 0 Å². The molecule has 98 valence electrons.